The Hall–Kier alpha value is -1.46. The van der Waals surface area contributed by atoms with E-state index < -0.39 is 6.10 Å². The van der Waals surface area contributed by atoms with E-state index in [1.165, 1.54) is 0 Å². The highest BCUT2D eigenvalue weighted by Crippen LogP contribution is 2.18. The van der Waals surface area contributed by atoms with Gasteiger partial charge in [0, 0.05) is 12.4 Å². The molecule has 3 N–H and O–H groups in total. The summed E-state index contributed by atoms with van der Waals surface area (Å²) in [6, 6.07) is 0. The zero-order valence-corrected chi connectivity index (χ0v) is 7.67. The summed E-state index contributed by atoms with van der Waals surface area (Å²) < 4.78 is 1.82. The Morgan fingerprint density at radius 2 is 2.43 bits per heavy atom. The Morgan fingerprint density at radius 1 is 1.57 bits per heavy atom. The van der Waals surface area contributed by atoms with E-state index >= 15 is 0 Å². The van der Waals surface area contributed by atoms with Crippen molar-refractivity contribution < 1.29 is 5.11 Å². The number of aliphatic hydroxyl groups excluding tert-OH is 1. The van der Waals surface area contributed by atoms with Gasteiger partial charge in [0.05, 0.1) is 29.8 Å². The molecule has 0 spiro atoms. The summed E-state index contributed by atoms with van der Waals surface area (Å²) in [4.78, 5) is 8.12. The molecule has 0 aromatic carbocycles. The third-order valence-electron chi connectivity index (χ3n) is 2.13. The van der Waals surface area contributed by atoms with Crippen molar-refractivity contribution in [2.24, 2.45) is 5.73 Å². The number of nitrogens with zero attached hydrogens (tertiary/aromatic N) is 3. The summed E-state index contributed by atoms with van der Waals surface area (Å²) in [6.07, 6.45) is 6.72. The van der Waals surface area contributed by atoms with Gasteiger partial charge in [-0.1, -0.05) is 0 Å². The fraction of sp³-hybridized carbons (Fsp3) is 0.333. The lowest BCUT2D eigenvalue weighted by Crippen LogP contribution is -2.07. The normalized spacial score (nSPS) is 13.3. The van der Waals surface area contributed by atoms with E-state index in [2.05, 4.69) is 9.97 Å². The molecular formula is C9H12N4O. The highest BCUT2D eigenvalue weighted by molar-refractivity contribution is 5.50. The van der Waals surface area contributed by atoms with Crippen LogP contribution in [0.5, 0.6) is 0 Å². The molecule has 0 aliphatic heterocycles. The maximum atomic E-state index is 9.72. The van der Waals surface area contributed by atoms with E-state index in [9.17, 15) is 5.11 Å². The summed E-state index contributed by atoms with van der Waals surface area (Å²) in [7, 11) is 0. The van der Waals surface area contributed by atoms with Gasteiger partial charge in [0.1, 0.15) is 0 Å². The second-order valence-corrected chi connectivity index (χ2v) is 3.09. The number of nitrogens with two attached hydrogens (primary N) is 1. The number of hydrogen-bond donors (Lipinski definition) is 2. The van der Waals surface area contributed by atoms with Crippen LogP contribution in [-0.2, 0) is 0 Å². The van der Waals surface area contributed by atoms with Crippen LogP contribution in [0.3, 0.4) is 0 Å². The van der Waals surface area contributed by atoms with Crippen molar-refractivity contribution in [3.63, 3.8) is 0 Å². The molecule has 14 heavy (non-hydrogen) atoms. The lowest BCUT2D eigenvalue weighted by atomic mass is 10.2. The van der Waals surface area contributed by atoms with E-state index in [-0.39, 0.29) is 0 Å². The first kappa shape index (κ1) is 9.11. The second kappa shape index (κ2) is 3.73. The number of imidazole rings is 1. The molecule has 0 amide bonds. The zero-order chi connectivity index (χ0) is 9.97. The minimum absolute atomic E-state index is 0.445. The highest BCUT2D eigenvalue weighted by Gasteiger charge is 2.12. The van der Waals surface area contributed by atoms with Gasteiger partial charge < -0.3 is 15.2 Å². The molecule has 1 unspecified atom stereocenters. The van der Waals surface area contributed by atoms with Crippen molar-refractivity contribution in [1.29, 1.82) is 0 Å². The van der Waals surface area contributed by atoms with E-state index in [0.717, 1.165) is 5.52 Å². The van der Waals surface area contributed by atoms with Gasteiger partial charge in [-0.2, -0.15) is 0 Å². The molecule has 5 nitrogen and oxygen atoms in total. The Kier molecular flexibility index (Phi) is 2.43. The van der Waals surface area contributed by atoms with Crippen molar-refractivity contribution in [2.75, 3.05) is 6.54 Å². The number of aliphatic hydroxyl groups is 1. The smallest absolute Gasteiger partial charge is 0.0997 e. The maximum absolute atomic E-state index is 9.72. The van der Waals surface area contributed by atoms with Crippen LogP contribution in [-0.4, -0.2) is 26.0 Å². The van der Waals surface area contributed by atoms with E-state index in [0.29, 0.717) is 18.7 Å². The van der Waals surface area contributed by atoms with Crippen molar-refractivity contribution in [3.05, 3.63) is 30.6 Å². The first-order chi connectivity index (χ1) is 6.83. The first-order valence-corrected chi connectivity index (χ1v) is 4.47. The summed E-state index contributed by atoms with van der Waals surface area (Å²) in [6.45, 7) is 0.445. The molecule has 0 fully saturated rings. The van der Waals surface area contributed by atoms with Crippen LogP contribution in [0.1, 0.15) is 18.2 Å². The van der Waals surface area contributed by atoms with Crippen molar-refractivity contribution in [3.8, 4) is 0 Å². The molecule has 2 rings (SSSR count). The standard InChI is InChI=1S/C9H12N4O/c10-2-1-8(14)9-7-5-11-3-4-13(7)6-12-9/h3-6,8,14H,1-2,10H2. The Labute approximate surface area is 81.2 Å². The van der Waals surface area contributed by atoms with Crippen molar-refractivity contribution in [2.45, 2.75) is 12.5 Å². The predicted molar refractivity (Wildman–Crippen MR) is 51.6 cm³/mol. The van der Waals surface area contributed by atoms with Gasteiger partial charge >= 0.3 is 0 Å². The topological polar surface area (TPSA) is 76.4 Å². The molecule has 2 aromatic rings. The molecule has 5 heteroatoms. The second-order valence-electron chi connectivity index (χ2n) is 3.09. The summed E-state index contributed by atoms with van der Waals surface area (Å²) >= 11 is 0. The minimum atomic E-state index is -0.603. The van der Waals surface area contributed by atoms with Crippen LogP contribution in [0.2, 0.25) is 0 Å². The lowest BCUT2D eigenvalue weighted by Gasteiger charge is -2.05. The van der Waals surface area contributed by atoms with E-state index in [4.69, 9.17) is 5.73 Å². The number of fused-ring (bicyclic) bond motifs is 1. The average Bonchev–Trinajstić information content (AvgIpc) is 2.61. The largest absolute Gasteiger partial charge is 0.387 e. The Morgan fingerprint density at radius 3 is 3.21 bits per heavy atom. The number of hydrogen-bond acceptors (Lipinski definition) is 4. The Balaban J connectivity index is 2.42. The van der Waals surface area contributed by atoms with Crippen LogP contribution in [0, 0.1) is 0 Å². The van der Waals surface area contributed by atoms with Gasteiger partial charge in [-0.05, 0) is 13.0 Å². The molecule has 0 bridgehead atoms. The monoisotopic (exact) mass is 192 g/mol. The van der Waals surface area contributed by atoms with Crippen LogP contribution in [0.25, 0.3) is 5.52 Å². The molecule has 0 aliphatic rings. The van der Waals surface area contributed by atoms with Crippen LogP contribution >= 0.6 is 0 Å². The Bertz CT molecular complexity index is 425. The molecule has 2 heterocycles. The SMILES string of the molecule is NCCC(O)c1ncn2ccncc12. The maximum Gasteiger partial charge on any atom is 0.0997 e. The molecule has 0 aliphatic carbocycles. The van der Waals surface area contributed by atoms with Crippen LogP contribution < -0.4 is 5.73 Å². The quantitative estimate of drug-likeness (QED) is 0.723. The molecule has 1 atom stereocenters. The summed E-state index contributed by atoms with van der Waals surface area (Å²) in [5, 5.41) is 9.72. The molecule has 0 saturated carbocycles. The van der Waals surface area contributed by atoms with Crippen LogP contribution in [0.4, 0.5) is 0 Å². The van der Waals surface area contributed by atoms with Gasteiger partial charge in [-0.3, -0.25) is 4.98 Å². The van der Waals surface area contributed by atoms with Crippen molar-refractivity contribution >= 4 is 5.52 Å². The van der Waals surface area contributed by atoms with E-state index in [1.807, 2.05) is 4.40 Å². The van der Waals surface area contributed by atoms with Gasteiger partial charge in [0.25, 0.3) is 0 Å². The fourth-order valence-electron chi connectivity index (χ4n) is 1.41. The minimum Gasteiger partial charge on any atom is -0.387 e. The van der Waals surface area contributed by atoms with Crippen LogP contribution in [0.15, 0.2) is 24.9 Å². The van der Waals surface area contributed by atoms with E-state index in [1.54, 1.807) is 24.9 Å². The average molecular weight is 192 g/mol. The predicted octanol–water partition coefficient (Wildman–Crippen LogP) is 0.111. The van der Waals surface area contributed by atoms with Gasteiger partial charge in [-0.25, -0.2) is 4.98 Å². The molecule has 74 valence electrons. The van der Waals surface area contributed by atoms with Gasteiger partial charge in [0.2, 0.25) is 0 Å². The zero-order valence-electron chi connectivity index (χ0n) is 7.67. The summed E-state index contributed by atoms with van der Waals surface area (Å²) in [5.41, 5.74) is 6.84. The third-order valence-corrected chi connectivity index (χ3v) is 2.13. The molecule has 0 saturated heterocycles. The number of aromatic nitrogens is 3. The lowest BCUT2D eigenvalue weighted by molar-refractivity contribution is 0.167. The summed E-state index contributed by atoms with van der Waals surface area (Å²) in [5.74, 6) is 0. The molecular weight excluding hydrogens is 180 g/mol. The number of rotatable bonds is 3. The third kappa shape index (κ3) is 1.47. The molecule has 2 aromatic heterocycles. The van der Waals surface area contributed by atoms with Gasteiger partial charge in [-0.15, -0.1) is 0 Å². The highest BCUT2D eigenvalue weighted by atomic mass is 16.3. The fourth-order valence-corrected chi connectivity index (χ4v) is 1.41. The first-order valence-electron chi connectivity index (χ1n) is 4.47. The van der Waals surface area contributed by atoms with Crippen molar-refractivity contribution in [1.82, 2.24) is 14.4 Å². The molecule has 0 radical (unpaired) electrons. The van der Waals surface area contributed by atoms with Gasteiger partial charge in [0.15, 0.2) is 0 Å².